The first-order valence-electron chi connectivity index (χ1n) is 6.20. The monoisotopic (exact) mass is 288 g/mol. The minimum Gasteiger partial charge on any atom is -0.337 e. The van der Waals surface area contributed by atoms with E-state index < -0.39 is 18.0 Å². The number of likely N-dealkylation sites (tertiary alicyclic amines) is 1. The molecule has 2 rings (SSSR count). The van der Waals surface area contributed by atoms with Crippen molar-refractivity contribution in [3.05, 3.63) is 24.0 Å². The van der Waals surface area contributed by atoms with Gasteiger partial charge in [0, 0.05) is 13.1 Å². The lowest BCUT2D eigenvalue weighted by Crippen LogP contribution is -2.44. The Hall–Kier alpha value is -1.83. The first-order chi connectivity index (χ1) is 9.41. The van der Waals surface area contributed by atoms with E-state index in [9.17, 15) is 18.0 Å². The van der Waals surface area contributed by atoms with Crippen LogP contribution in [0.5, 0.6) is 0 Å². The van der Waals surface area contributed by atoms with Gasteiger partial charge in [-0.2, -0.15) is 13.2 Å². The van der Waals surface area contributed by atoms with E-state index in [2.05, 4.69) is 10.4 Å². The molecule has 1 aromatic rings. The number of pyridine rings is 1. The third-order valence-electron chi connectivity index (χ3n) is 3.32. The highest BCUT2D eigenvalue weighted by Crippen LogP contribution is 2.33. The lowest BCUT2D eigenvalue weighted by atomic mass is 9.97. The third-order valence-corrected chi connectivity index (χ3v) is 3.32. The van der Waals surface area contributed by atoms with Crippen molar-refractivity contribution >= 4 is 11.6 Å². The van der Waals surface area contributed by atoms with Gasteiger partial charge in [0.25, 0.3) is 5.91 Å². The molecule has 0 radical (unpaired) electrons. The Morgan fingerprint density at radius 3 is 2.75 bits per heavy atom. The van der Waals surface area contributed by atoms with Crippen molar-refractivity contribution in [2.45, 2.75) is 19.0 Å². The van der Waals surface area contributed by atoms with Crippen LogP contribution in [0.1, 0.15) is 23.3 Å². The summed E-state index contributed by atoms with van der Waals surface area (Å²) in [4.78, 5) is 17.2. The van der Waals surface area contributed by atoms with Crippen LogP contribution in [-0.4, -0.2) is 35.1 Å². The zero-order chi connectivity index (χ0) is 14.8. The van der Waals surface area contributed by atoms with E-state index in [0.717, 1.165) is 0 Å². The van der Waals surface area contributed by atoms with Crippen LogP contribution in [0.4, 0.5) is 18.9 Å². The van der Waals surface area contributed by atoms with Gasteiger partial charge < -0.3 is 10.3 Å². The maximum atomic E-state index is 12.7. The van der Waals surface area contributed by atoms with Gasteiger partial charge in [0.2, 0.25) is 0 Å². The molecule has 0 aromatic carbocycles. The number of hydrazine groups is 1. The van der Waals surface area contributed by atoms with E-state index in [1.807, 2.05) is 0 Å². The van der Waals surface area contributed by atoms with Gasteiger partial charge in [0.15, 0.2) is 0 Å². The van der Waals surface area contributed by atoms with Gasteiger partial charge in [-0.25, -0.2) is 4.98 Å². The molecule has 0 aliphatic carbocycles. The summed E-state index contributed by atoms with van der Waals surface area (Å²) in [5.74, 6) is 3.24. The number of carbonyl (C=O) groups is 1. The molecule has 1 aliphatic heterocycles. The largest absolute Gasteiger partial charge is 0.393 e. The lowest BCUT2D eigenvalue weighted by Gasteiger charge is -2.33. The number of rotatable bonds is 2. The number of nitrogens with two attached hydrogens (primary N) is 1. The molecule has 110 valence electrons. The van der Waals surface area contributed by atoms with Gasteiger partial charge in [0.1, 0.15) is 5.69 Å². The summed E-state index contributed by atoms with van der Waals surface area (Å²) in [6.07, 6.45) is -2.49. The van der Waals surface area contributed by atoms with E-state index in [0.29, 0.717) is 18.7 Å². The van der Waals surface area contributed by atoms with Crippen molar-refractivity contribution in [2.24, 2.45) is 11.8 Å². The zero-order valence-corrected chi connectivity index (χ0v) is 10.7. The van der Waals surface area contributed by atoms with Crippen molar-refractivity contribution in [1.82, 2.24) is 9.88 Å². The molecule has 20 heavy (non-hydrogen) atoms. The Balaban J connectivity index is 2.08. The maximum absolute atomic E-state index is 12.7. The molecule has 0 saturated carbocycles. The number of anilines is 1. The summed E-state index contributed by atoms with van der Waals surface area (Å²) in [6.45, 7) is 0.0187. The Bertz CT molecular complexity index is 475. The molecule has 0 bridgehead atoms. The smallest absolute Gasteiger partial charge is 0.337 e. The molecule has 5 nitrogen and oxygen atoms in total. The Morgan fingerprint density at radius 1 is 1.45 bits per heavy atom. The highest BCUT2D eigenvalue weighted by molar-refractivity contribution is 5.92. The van der Waals surface area contributed by atoms with Gasteiger partial charge in [-0.3, -0.25) is 10.6 Å². The van der Waals surface area contributed by atoms with Crippen molar-refractivity contribution in [3.63, 3.8) is 0 Å². The normalized spacial score (nSPS) is 19.8. The van der Waals surface area contributed by atoms with Crippen LogP contribution in [0.2, 0.25) is 0 Å². The van der Waals surface area contributed by atoms with Crippen molar-refractivity contribution < 1.29 is 18.0 Å². The molecular formula is C12H15F3N4O. The van der Waals surface area contributed by atoms with Crippen molar-refractivity contribution in [2.75, 3.05) is 18.5 Å². The summed E-state index contributed by atoms with van der Waals surface area (Å²) in [7, 11) is 0. The van der Waals surface area contributed by atoms with Crippen molar-refractivity contribution in [3.8, 4) is 0 Å². The van der Waals surface area contributed by atoms with Crippen LogP contribution in [0.3, 0.4) is 0 Å². The van der Waals surface area contributed by atoms with Crippen LogP contribution in [-0.2, 0) is 0 Å². The van der Waals surface area contributed by atoms with Gasteiger partial charge in [-0.15, -0.1) is 0 Å². The number of piperidine rings is 1. The van der Waals surface area contributed by atoms with E-state index in [1.165, 1.54) is 17.2 Å². The number of nitrogens with one attached hydrogen (secondary N) is 1. The van der Waals surface area contributed by atoms with E-state index in [-0.39, 0.29) is 18.7 Å². The number of aromatic nitrogens is 1. The number of hydrogen-bond acceptors (Lipinski definition) is 4. The van der Waals surface area contributed by atoms with Crippen LogP contribution in [0.15, 0.2) is 18.3 Å². The highest BCUT2D eigenvalue weighted by atomic mass is 19.4. The average Bonchev–Trinajstić information content (AvgIpc) is 2.46. The quantitative estimate of drug-likeness (QED) is 0.643. The zero-order valence-electron chi connectivity index (χ0n) is 10.7. The van der Waals surface area contributed by atoms with E-state index >= 15 is 0 Å². The van der Waals surface area contributed by atoms with Crippen LogP contribution < -0.4 is 11.3 Å². The molecule has 1 atom stereocenters. The Morgan fingerprint density at radius 2 is 2.20 bits per heavy atom. The molecule has 1 saturated heterocycles. The van der Waals surface area contributed by atoms with Crippen LogP contribution in [0, 0.1) is 5.92 Å². The van der Waals surface area contributed by atoms with E-state index in [1.54, 1.807) is 6.07 Å². The highest BCUT2D eigenvalue weighted by Gasteiger charge is 2.42. The van der Waals surface area contributed by atoms with Crippen molar-refractivity contribution in [1.29, 1.82) is 0 Å². The minimum atomic E-state index is -4.26. The topological polar surface area (TPSA) is 71.2 Å². The lowest BCUT2D eigenvalue weighted by molar-refractivity contribution is -0.184. The Labute approximate surface area is 113 Å². The van der Waals surface area contributed by atoms with Crippen LogP contribution in [0.25, 0.3) is 0 Å². The summed E-state index contributed by atoms with van der Waals surface area (Å²) in [6, 6.07) is 2.99. The molecule has 1 amide bonds. The predicted octanol–water partition coefficient (Wildman–Crippen LogP) is 1.78. The number of carbonyl (C=O) groups excluding carboxylic acids is 1. The van der Waals surface area contributed by atoms with Gasteiger partial charge in [0.05, 0.1) is 17.8 Å². The number of alkyl halides is 3. The molecule has 1 unspecified atom stereocenters. The number of halogens is 3. The molecule has 1 fully saturated rings. The average molecular weight is 288 g/mol. The minimum absolute atomic E-state index is 0.0662. The number of hydrogen-bond donors (Lipinski definition) is 2. The maximum Gasteiger partial charge on any atom is 0.393 e. The van der Waals surface area contributed by atoms with E-state index in [4.69, 9.17) is 5.84 Å². The Kier molecular flexibility index (Phi) is 4.12. The number of nitrogen functional groups attached to an aromatic ring is 1. The molecule has 2 heterocycles. The first kappa shape index (κ1) is 14.6. The number of nitrogens with zero attached hydrogens (tertiary/aromatic N) is 2. The summed E-state index contributed by atoms with van der Waals surface area (Å²) >= 11 is 0. The van der Waals surface area contributed by atoms with Gasteiger partial charge in [-0.05, 0) is 25.0 Å². The van der Waals surface area contributed by atoms with Crippen LogP contribution >= 0.6 is 0 Å². The summed E-state index contributed by atoms with van der Waals surface area (Å²) in [5.41, 5.74) is 3.00. The fraction of sp³-hybridized carbons (Fsp3) is 0.500. The predicted molar refractivity (Wildman–Crippen MR) is 66.7 cm³/mol. The fourth-order valence-electron chi connectivity index (χ4n) is 2.20. The second-order valence-corrected chi connectivity index (χ2v) is 4.71. The first-order valence-corrected chi connectivity index (χ1v) is 6.20. The molecular weight excluding hydrogens is 273 g/mol. The SMILES string of the molecule is NNc1ccc(C(=O)N2CCCC(C(F)(F)F)C2)nc1. The summed E-state index contributed by atoms with van der Waals surface area (Å²) in [5, 5.41) is 0. The summed E-state index contributed by atoms with van der Waals surface area (Å²) < 4.78 is 38.1. The molecule has 1 aromatic heterocycles. The molecule has 0 spiro atoms. The van der Waals surface area contributed by atoms with Gasteiger partial charge >= 0.3 is 6.18 Å². The standard InChI is InChI=1S/C12H15F3N4O/c13-12(14,15)8-2-1-5-19(7-8)11(20)10-4-3-9(18-16)6-17-10/h3-4,6,8,18H,1-2,5,7,16H2. The second kappa shape index (κ2) is 5.66. The molecule has 8 heteroatoms. The fourth-order valence-corrected chi connectivity index (χ4v) is 2.20. The third kappa shape index (κ3) is 3.19. The van der Waals surface area contributed by atoms with Gasteiger partial charge in [-0.1, -0.05) is 0 Å². The number of amides is 1. The molecule has 3 N–H and O–H groups in total. The second-order valence-electron chi connectivity index (χ2n) is 4.71. The molecule has 1 aliphatic rings.